The fourth-order valence-electron chi connectivity index (χ4n) is 1.68. The molecule has 0 spiro atoms. The molecule has 6 heteroatoms. The van der Waals surface area contributed by atoms with Crippen molar-refractivity contribution in [3.05, 3.63) is 22.7 Å². The van der Waals surface area contributed by atoms with Gasteiger partial charge in [-0.05, 0) is 17.7 Å². The lowest BCUT2D eigenvalue weighted by molar-refractivity contribution is -0.141. The van der Waals surface area contributed by atoms with Crippen LogP contribution in [0.2, 0.25) is 5.02 Å². The van der Waals surface area contributed by atoms with Crippen LogP contribution in [0.25, 0.3) is 0 Å². The monoisotopic (exact) mass is 315 g/mol. The Balaban J connectivity index is 2.77. The van der Waals surface area contributed by atoms with Gasteiger partial charge in [0.1, 0.15) is 0 Å². The van der Waals surface area contributed by atoms with E-state index in [1.165, 1.54) is 7.11 Å². The zero-order chi connectivity index (χ0) is 15.8. The molecule has 0 radical (unpaired) electrons. The van der Waals surface area contributed by atoms with Crippen molar-refractivity contribution >= 4 is 17.6 Å². The fourth-order valence-corrected chi connectivity index (χ4v) is 1.96. The van der Waals surface area contributed by atoms with Crippen molar-refractivity contribution in [3.63, 3.8) is 0 Å². The molecule has 0 amide bonds. The summed E-state index contributed by atoms with van der Waals surface area (Å²) in [5.74, 6) is 0.659. The number of ether oxygens (including phenoxy) is 3. The third kappa shape index (κ3) is 5.81. The van der Waals surface area contributed by atoms with Gasteiger partial charge in [-0.1, -0.05) is 25.4 Å². The number of hydrogen-bond acceptors (Lipinski definition) is 5. The maximum Gasteiger partial charge on any atom is 0.308 e. The number of benzene rings is 1. The predicted octanol–water partition coefficient (Wildman–Crippen LogP) is 2.79. The van der Waals surface area contributed by atoms with Crippen molar-refractivity contribution in [2.75, 3.05) is 20.8 Å². The summed E-state index contributed by atoms with van der Waals surface area (Å²) in [6.45, 7) is 5.02. The molecule has 21 heavy (non-hydrogen) atoms. The Morgan fingerprint density at radius 3 is 2.62 bits per heavy atom. The van der Waals surface area contributed by atoms with Gasteiger partial charge in [-0.2, -0.15) is 0 Å². The van der Waals surface area contributed by atoms with E-state index in [2.05, 4.69) is 23.9 Å². The molecule has 1 rings (SSSR count). The van der Waals surface area contributed by atoms with Gasteiger partial charge >= 0.3 is 5.97 Å². The lowest BCUT2D eigenvalue weighted by Gasteiger charge is -2.15. The van der Waals surface area contributed by atoms with Gasteiger partial charge in [-0.25, -0.2) is 0 Å². The molecule has 1 N–H and O–H groups in total. The second kappa shape index (κ2) is 8.74. The molecule has 0 atom stereocenters. The van der Waals surface area contributed by atoms with E-state index in [1.807, 2.05) is 12.1 Å². The molecule has 0 saturated carbocycles. The van der Waals surface area contributed by atoms with E-state index in [0.717, 1.165) is 5.56 Å². The van der Waals surface area contributed by atoms with Crippen LogP contribution in [0.3, 0.4) is 0 Å². The van der Waals surface area contributed by atoms with Crippen LogP contribution in [-0.2, 0) is 16.1 Å². The van der Waals surface area contributed by atoms with Crippen molar-refractivity contribution in [1.82, 2.24) is 5.32 Å². The third-order valence-corrected chi connectivity index (χ3v) is 3.06. The minimum atomic E-state index is -0.331. The van der Waals surface area contributed by atoms with Crippen LogP contribution >= 0.6 is 11.6 Å². The van der Waals surface area contributed by atoms with Crippen molar-refractivity contribution < 1.29 is 19.0 Å². The summed E-state index contributed by atoms with van der Waals surface area (Å²) in [4.78, 5) is 11.1. The van der Waals surface area contributed by atoms with Crippen molar-refractivity contribution in [3.8, 4) is 11.5 Å². The smallest absolute Gasteiger partial charge is 0.308 e. The van der Waals surface area contributed by atoms with Crippen LogP contribution in [0.1, 0.15) is 25.8 Å². The van der Waals surface area contributed by atoms with E-state index in [4.69, 9.17) is 21.1 Å². The zero-order valence-electron chi connectivity index (χ0n) is 12.9. The zero-order valence-corrected chi connectivity index (χ0v) is 13.6. The lowest BCUT2D eigenvalue weighted by Crippen LogP contribution is -2.21. The van der Waals surface area contributed by atoms with E-state index in [0.29, 0.717) is 29.1 Å². The molecule has 0 aromatic heterocycles. The van der Waals surface area contributed by atoms with Crippen LogP contribution in [0, 0.1) is 0 Å². The Labute approximate surface area is 130 Å². The fraction of sp³-hybridized carbons (Fsp3) is 0.533. The van der Waals surface area contributed by atoms with Gasteiger partial charge in [0.25, 0.3) is 0 Å². The van der Waals surface area contributed by atoms with Gasteiger partial charge in [-0.15, -0.1) is 0 Å². The maximum absolute atomic E-state index is 11.1. The minimum absolute atomic E-state index is 0.159. The van der Waals surface area contributed by atoms with Gasteiger partial charge in [0.2, 0.25) is 0 Å². The number of nitrogens with one attached hydrogen (secondary N) is 1. The van der Waals surface area contributed by atoms with Crippen LogP contribution in [0.15, 0.2) is 12.1 Å². The molecule has 1 aromatic rings. The Morgan fingerprint density at radius 2 is 2.05 bits per heavy atom. The minimum Gasteiger partial charge on any atom is -0.493 e. The quantitative estimate of drug-likeness (QED) is 0.748. The molecule has 0 fully saturated rings. The molecule has 1 aromatic carbocycles. The summed E-state index contributed by atoms with van der Waals surface area (Å²) in [7, 11) is 2.89. The van der Waals surface area contributed by atoms with Gasteiger partial charge in [-0.3, -0.25) is 4.79 Å². The number of carbonyl (C=O) groups is 1. The number of hydrogen-bond donors (Lipinski definition) is 1. The van der Waals surface area contributed by atoms with Gasteiger partial charge in [0.05, 0.1) is 32.3 Å². The molecule has 0 aliphatic carbocycles. The summed E-state index contributed by atoms with van der Waals surface area (Å²) in [5, 5.41) is 3.77. The average Bonchev–Trinajstić information content (AvgIpc) is 2.46. The van der Waals surface area contributed by atoms with E-state index >= 15 is 0 Å². The molecule has 0 aliphatic rings. The first-order valence-corrected chi connectivity index (χ1v) is 7.15. The van der Waals surface area contributed by atoms with E-state index in [9.17, 15) is 4.79 Å². The summed E-state index contributed by atoms with van der Waals surface area (Å²) in [5.41, 5.74) is 1.01. The average molecular weight is 316 g/mol. The molecular weight excluding hydrogens is 294 g/mol. The molecule has 118 valence electrons. The standard InChI is InChI=1S/C15H22ClNO4/c1-10(2)17-9-11-7-12(16)15(13(8-11)19-3)21-6-5-14(18)20-4/h7-8,10,17H,5-6,9H2,1-4H3. The van der Waals surface area contributed by atoms with E-state index in [-0.39, 0.29) is 19.0 Å². The Hall–Kier alpha value is -1.46. The lowest BCUT2D eigenvalue weighted by atomic mass is 10.2. The first-order chi connectivity index (χ1) is 9.97. The summed E-state index contributed by atoms with van der Waals surface area (Å²) in [6, 6.07) is 4.08. The van der Waals surface area contributed by atoms with Crippen LogP contribution in [-0.4, -0.2) is 32.8 Å². The second-order valence-electron chi connectivity index (χ2n) is 4.82. The topological polar surface area (TPSA) is 56.8 Å². The van der Waals surface area contributed by atoms with Gasteiger partial charge in [0.15, 0.2) is 11.5 Å². The molecular formula is C15H22ClNO4. The molecule has 0 saturated heterocycles. The first kappa shape index (κ1) is 17.6. The Bertz CT molecular complexity index is 477. The molecule has 0 heterocycles. The van der Waals surface area contributed by atoms with Crippen molar-refractivity contribution in [2.45, 2.75) is 32.9 Å². The Morgan fingerprint density at radius 1 is 1.33 bits per heavy atom. The molecule has 0 unspecified atom stereocenters. The Kier molecular flexibility index (Phi) is 7.32. The normalized spacial score (nSPS) is 10.6. The number of methoxy groups -OCH3 is 2. The predicted molar refractivity (Wildman–Crippen MR) is 82.1 cm³/mol. The van der Waals surface area contributed by atoms with Crippen LogP contribution < -0.4 is 14.8 Å². The number of carbonyl (C=O) groups excluding carboxylic acids is 1. The second-order valence-corrected chi connectivity index (χ2v) is 5.23. The maximum atomic E-state index is 11.1. The SMILES string of the molecule is COC(=O)CCOc1c(Cl)cc(CNC(C)C)cc1OC. The summed E-state index contributed by atoms with van der Waals surface area (Å²) in [6.07, 6.45) is 0.159. The number of halogens is 1. The molecule has 5 nitrogen and oxygen atoms in total. The first-order valence-electron chi connectivity index (χ1n) is 6.77. The third-order valence-electron chi connectivity index (χ3n) is 2.78. The number of esters is 1. The summed E-state index contributed by atoms with van der Waals surface area (Å²) < 4.78 is 15.4. The highest BCUT2D eigenvalue weighted by molar-refractivity contribution is 6.32. The highest BCUT2D eigenvalue weighted by Gasteiger charge is 2.13. The molecule has 0 aliphatic heterocycles. The van der Waals surface area contributed by atoms with Gasteiger partial charge in [0, 0.05) is 12.6 Å². The molecule has 0 bridgehead atoms. The van der Waals surface area contributed by atoms with Crippen molar-refractivity contribution in [2.24, 2.45) is 0 Å². The van der Waals surface area contributed by atoms with Gasteiger partial charge < -0.3 is 19.5 Å². The van der Waals surface area contributed by atoms with E-state index in [1.54, 1.807) is 7.11 Å². The highest BCUT2D eigenvalue weighted by Crippen LogP contribution is 2.36. The largest absolute Gasteiger partial charge is 0.493 e. The van der Waals surface area contributed by atoms with Crippen LogP contribution in [0.4, 0.5) is 0 Å². The summed E-state index contributed by atoms with van der Waals surface area (Å²) >= 11 is 6.23. The van der Waals surface area contributed by atoms with Crippen molar-refractivity contribution in [1.29, 1.82) is 0 Å². The van der Waals surface area contributed by atoms with Crippen LogP contribution in [0.5, 0.6) is 11.5 Å². The number of rotatable bonds is 8. The highest BCUT2D eigenvalue weighted by atomic mass is 35.5. The van der Waals surface area contributed by atoms with E-state index < -0.39 is 0 Å².